The van der Waals surface area contributed by atoms with Crippen LogP contribution in [0.15, 0.2) is 29.2 Å². The first-order valence-corrected chi connectivity index (χ1v) is 8.49. The van der Waals surface area contributed by atoms with Crippen molar-refractivity contribution >= 4 is 15.5 Å². The highest BCUT2D eigenvalue weighted by Crippen LogP contribution is 2.36. The van der Waals surface area contributed by atoms with Gasteiger partial charge < -0.3 is 10.1 Å². The molecular weight excluding hydrogens is 262 g/mol. The Morgan fingerprint density at radius 1 is 1.32 bits per heavy atom. The van der Waals surface area contributed by atoms with Gasteiger partial charge in [-0.05, 0) is 31.4 Å². The van der Waals surface area contributed by atoms with E-state index in [0.717, 1.165) is 19.3 Å². The first kappa shape index (κ1) is 12.9. The van der Waals surface area contributed by atoms with E-state index in [2.05, 4.69) is 5.32 Å². The summed E-state index contributed by atoms with van der Waals surface area (Å²) in [7, 11) is -3.19. The van der Waals surface area contributed by atoms with Crippen LogP contribution in [-0.2, 0) is 14.6 Å². The quantitative estimate of drug-likeness (QED) is 0.919. The number of sulfone groups is 1. The van der Waals surface area contributed by atoms with Crippen molar-refractivity contribution in [3.63, 3.8) is 0 Å². The van der Waals surface area contributed by atoms with Gasteiger partial charge in [-0.15, -0.1) is 0 Å². The zero-order chi connectivity index (χ0) is 13.5. The molecule has 2 bridgehead atoms. The second-order valence-corrected chi connectivity index (χ2v) is 7.51. The van der Waals surface area contributed by atoms with E-state index in [0.29, 0.717) is 16.7 Å². The summed E-state index contributed by atoms with van der Waals surface area (Å²) in [5, 5.41) is 3.38. The molecule has 4 nitrogen and oxygen atoms in total. The zero-order valence-corrected chi connectivity index (χ0v) is 11.8. The summed E-state index contributed by atoms with van der Waals surface area (Å²) < 4.78 is 30.0. The molecule has 3 atom stereocenters. The lowest BCUT2D eigenvalue weighted by molar-refractivity contribution is 0.102. The van der Waals surface area contributed by atoms with Crippen LogP contribution in [0.3, 0.4) is 0 Å². The molecule has 0 aromatic heterocycles. The third kappa shape index (κ3) is 2.37. The highest BCUT2D eigenvalue weighted by molar-refractivity contribution is 7.91. The normalized spacial score (nSPS) is 29.6. The molecule has 2 saturated heterocycles. The van der Waals surface area contributed by atoms with Crippen molar-refractivity contribution in [3.8, 4) is 0 Å². The van der Waals surface area contributed by atoms with Crippen molar-refractivity contribution in [2.24, 2.45) is 0 Å². The van der Waals surface area contributed by atoms with Crippen LogP contribution in [0.4, 0.5) is 5.69 Å². The van der Waals surface area contributed by atoms with Crippen molar-refractivity contribution in [1.29, 1.82) is 0 Å². The largest absolute Gasteiger partial charge is 0.379 e. The molecule has 2 fully saturated rings. The Balaban J connectivity index is 1.85. The first-order chi connectivity index (χ1) is 9.10. The van der Waals surface area contributed by atoms with Gasteiger partial charge in [-0.25, -0.2) is 8.42 Å². The number of hydrogen-bond acceptors (Lipinski definition) is 4. The Kier molecular flexibility index (Phi) is 3.27. The Hall–Kier alpha value is -1.07. The van der Waals surface area contributed by atoms with Gasteiger partial charge in [-0.3, -0.25) is 0 Å². The molecule has 104 valence electrons. The fourth-order valence-electron chi connectivity index (χ4n) is 3.00. The van der Waals surface area contributed by atoms with Gasteiger partial charge in [0.05, 0.1) is 34.6 Å². The van der Waals surface area contributed by atoms with Crippen LogP contribution in [0.25, 0.3) is 0 Å². The summed E-state index contributed by atoms with van der Waals surface area (Å²) in [5.41, 5.74) is 0.713. The van der Waals surface area contributed by atoms with Crippen LogP contribution in [0.1, 0.15) is 26.2 Å². The summed E-state index contributed by atoms with van der Waals surface area (Å²) in [5.74, 6) is 0.124. The molecule has 3 rings (SSSR count). The van der Waals surface area contributed by atoms with E-state index in [1.165, 1.54) is 0 Å². The Bertz CT molecular complexity index is 570. The van der Waals surface area contributed by atoms with E-state index in [9.17, 15) is 8.42 Å². The van der Waals surface area contributed by atoms with Crippen molar-refractivity contribution in [2.45, 2.75) is 49.3 Å². The van der Waals surface area contributed by atoms with Crippen molar-refractivity contribution in [3.05, 3.63) is 24.3 Å². The molecule has 1 N–H and O–H groups in total. The minimum Gasteiger partial charge on any atom is -0.379 e. The number of nitrogens with one attached hydrogen (secondary N) is 1. The molecule has 2 aliphatic rings. The van der Waals surface area contributed by atoms with E-state index >= 15 is 0 Å². The van der Waals surface area contributed by atoms with Gasteiger partial charge in [0.2, 0.25) is 0 Å². The fourth-order valence-corrected chi connectivity index (χ4v) is 4.06. The molecular formula is C14H19NO3S. The maximum absolute atomic E-state index is 12.1. The van der Waals surface area contributed by atoms with E-state index in [4.69, 9.17) is 4.74 Å². The van der Waals surface area contributed by atoms with Crippen molar-refractivity contribution in [1.82, 2.24) is 0 Å². The lowest BCUT2D eigenvalue weighted by Crippen LogP contribution is -2.31. The molecule has 19 heavy (non-hydrogen) atoms. The smallest absolute Gasteiger partial charge is 0.180 e. The first-order valence-electron chi connectivity index (χ1n) is 6.84. The molecule has 1 aromatic carbocycles. The van der Waals surface area contributed by atoms with Crippen molar-refractivity contribution < 1.29 is 13.2 Å². The maximum Gasteiger partial charge on any atom is 0.180 e. The second-order valence-electron chi connectivity index (χ2n) is 5.26. The Labute approximate surface area is 114 Å². The predicted molar refractivity (Wildman–Crippen MR) is 74.1 cm³/mol. The molecule has 2 aliphatic heterocycles. The van der Waals surface area contributed by atoms with Crippen molar-refractivity contribution in [2.75, 3.05) is 11.1 Å². The van der Waals surface area contributed by atoms with E-state index in [-0.39, 0.29) is 17.9 Å². The second kappa shape index (κ2) is 4.80. The van der Waals surface area contributed by atoms with Gasteiger partial charge in [0, 0.05) is 0 Å². The molecule has 3 unspecified atom stereocenters. The number of ether oxygens (including phenoxy) is 1. The fraction of sp³-hybridized carbons (Fsp3) is 0.571. The van der Waals surface area contributed by atoms with Gasteiger partial charge in [-0.1, -0.05) is 19.1 Å². The maximum atomic E-state index is 12.1. The standard InChI is InChI=1S/C14H19NO3S/c1-2-19(16,17)14-6-4-3-5-11(14)15-12-9-10-7-8-13(12)18-10/h3-6,10,12-13,15H,2,7-9H2,1H3. The summed E-state index contributed by atoms with van der Waals surface area (Å²) in [6, 6.07) is 7.40. The lowest BCUT2D eigenvalue weighted by atomic mass is 9.95. The van der Waals surface area contributed by atoms with Crippen LogP contribution in [0.5, 0.6) is 0 Å². The van der Waals surface area contributed by atoms with Crippen LogP contribution in [0, 0.1) is 0 Å². The van der Waals surface area contributed by atoms with Crippen LogP contribution in [-0.4, -0.2) is 32.4 Å². The molecule has 1 aromatic rings. The monoisotopic (exact) mass is 281 g/mol. The molecule has 0 radical (unpaired) electrons. The molecule has 2 heterocycles. The topological polar surface area (TPSA) is 55.4 Å². The molecule has 0 amide bonds. The number of fused-ring (bicyclic) bond motifs is 2. The minimum atomic E-state index is -3.19. The van der Waals surface area contributed by atoms with Gasteiger partial charge in [0.15, 0.2) is 9.84 Å². The third-order valence-electron chi connectivity index (χ3n) is 4.05. The highest BCUT2D eigenvalue weighted by atomic mass is 32.2. The van der Waals surface area contributed by atoms with Crippen LogP contribution < -0.4 is 5.32 Å². The summed E-state index contributed by atoms with van der Waals surface area (Å²) >= 11 is 0. The van der Waals surface area contributed by atoms with Gasteiger partial charge in [0.1, 0.15) is 0 Å². The molecule has 0 spiro atoms. The number of rotatable bonds is 4. The summed E-state index contributed by atoms with van der Waals surface area (Å²) in [6.45, 7) is 1.67. The predicted octanol–water partition coefficient (Wildman–Crippen LogP) is 2.21. The molecule has 5 heteroatoms. The van der Waals surface area contributed by atoms with Gasteiger partial charge in [-0.2, -0.15) is 0 Å². The van der Waals surface area contributed by atoms with E-state index in [1.807, 2.05) is 12.1 Å². The van der Waals surface area contributed by atoms with Crippen LogP contribution in [0.2, 0.25) is 0 Å². The number of hydrogen-bond donors (Lipinski definition) is 1. The summed E-state index contributed by atoms with van der Waals surface area (Å²) in [6.07, 6.45) is 3.79. The van der Waals surface area contributed by atoms with Crippen LogP contribution >= 0.6 is 0 Å². The van der Waals surface area contributed by atoms with E-state index < -0.39 is 9.84 Å². The third-order valence-corrected chi connectivity index (χ3v) is 5.84. The summed E-state index contributed by atoms with van der Waals surface area (Å²) in [4.78, 5) is 0.403. The average Bonchev–Trinajstić information content (AvgIpc) is 3.01. The molecule has 0 aliphatic carbocycles. The van der Waals surface area contributed by atoms with Gasteiger partial charge >= 0.3 is 0 Å². The lowest BCUT2D eigenvalue weighted by Gasteiger charge is -2.22. The minimum absolute atomic E-state index is 0.124. The number of anilines is 1. The Morgan fingerprint density at radius 3 is 2.74 bits per heavy atom. The average molecular weight is 281 g/mol. The zero-order valence-electron chi connectivity index (χ0n) is 11.0. The SMILES string of the molecule is CCS(=O)(=O)c1ccccc1NC1CC2CCC1O2. The number of para-hydroxylation sites is 1. The molecule has 0 saturated carbocycles. The highest BCUT2D eigenvalue weighted by Gasteiger charge is 2.41. The number of benzene rings is 1. The Morgan fingerprint density at radius 2 is 2.11 bits per heavy atom. The van der Waals surface area contributed by atoms with Gasteiger partial charge in [0.25, 0.3) is 0 Å². The van der Waals surface area contributed by atoms with E-state index in [1.54, 1.807) is 19.1 Å².